The molecule has 3 nitrogen and oxygen atoms in total. The van der Waals surface area contributed by atoms with Crippen LogP contribution in [0.2, 0.25) is 10.0 Å². The highest BCUT2D eigenvalue weighted by molar-refractivity contribution is 6.38. The van der Waals surface area contributed by atoms with E-state index in [-0.39, 0.29) is 0 Å². The van der Waals surface area contributed by atoms with Crippen LogP contribution < -0.4 is 4.74 Å². The van der Waals surface area contributed by atoms with Gasteiger partial charge in [-0.25, -0.2) is 4.98 Å². The minimum Gasteiger partial charge on any atom is -0.481 e. The first-order valence-corrected chi connectivity index (χ1v) is 6.86. The van der Waals surface area contributed by atoms with Crippen LogP contribution in [0.1, 0.15) is 5.56 Å². The van der Waals surface area contributed by atoms with Crippen molar-refractivity contribution >= 4 is 34.1 Å². The molecule has 0 saturated heterocycles. The van der Waals surface area contributed by atoms with Gasteiger partial charge in [-0.05, 0) is 24.3 Å². The maximum Gasteiger partial charge on any atom is 0.218 e. The van der Waals surface area contributed by atoms with E-state index in [2.05, 4.69) is 9.55 Å². The number of methoxy groups -OCH3 is 1. The molecular formula is C15H12Cl2N2O. The lowest BCUT2D eigenvalue weighted by Crippen LogP contribution is -2.01. The highest BCUT2D eigenvalue weighted by atomic mass is 35.5. The Balaban J connectivity index is 2.07. The first-order chi connectivity index (χ1) is 9.69. The van der Waals surface area contributed by atoms with Gasteiger partial charge < -0.3 is 9.30 Å². The zero-order chi connectivity index (χ0) is 14.1. The molecule has 2 aromatic heterocycles. The lowest BCUT2D eigenvalue weighted by molar-refractivity contribution is 0.391. The van der Waals surface area contributed by atoms with Crippen molar-refractivity contribution in [1.29, 1.82) is 0 Å². The molecule has 0 atom stereocenters. The number of hydrogen-bond donors (Lipinski definition) is 0. The van der Waals surface area contributed by atoms with Crippen molar-refractivity contribution in [2.24, 2.45) is 0 Å². The summed E-state index contributed by atoms with van der Waals surface area (Å²) in [5.41, 5.74) is 2.00. The molecule has 0 spiro atoms. The number of halogens is 2. The Labute approximate surface area is 126 Å². The van der Waals surface area contributed by atoms with E-state index in [0.29, 0.717) is 22.5 Å². The molecule has 0 aliphatic rings. The van der Waals surface area contributed by atoms with Gasteiger partial charge in [0.1, 0.15) is 0 Å². The third-order valence-electron chi connectivity index (χ3n) is 3.19. The second-order valence-corrected chi connectivity index (χ2v) is 5.28. The smallest absolute Gasteiger partial charge is 0.218 e. The topological polar surface area (TPSA) is 27.1 Å². The summed E-state index contributed by atoms with van der Waals surface area (Å²) in [7, 11) is 1.62. The molecule has 0 amide bonds. The minimum absolute atomic E-state index is 0.626. The molecule has 5 heteroatoms. The van der Waals surface area contributed by atoms with Crippen molar-refractivity contribution < 1.29 is 4.74 Å². The fraction of sp³-hybridized carbons (Fsp3) is 0.133. The summed E-state index contributed by atoms with van der Waals surface area (Å²) in [4.78, 5) is 4.21. The Morgan fingerprint density at radius 1 is 1.25 bits per heavy atom. The molecular weight excluding hydrogens is 295 g/mol. The number of nitrogens with zero attached hydrogens (tertiary/aromatic N) is 2. The van der Waals surface area contributed by atoms with Gasteiger partial charge in [-0.3, -0.25) is 0 Å². The summed E-state index contributed by atoms with van der Waals surface area (Å²) in [6.45, 7) is 0.650. The predicted octanol–water partition coefficient (Wildman–Crippen LogP) is 4.40. The van der Waals surface area contributed by atoms with Gasteiger partial charge in [0.15, 0.2) is 0 Å². The molecule has 0 N–H and O–H groups in total. The van der Waals surface area contributed by atoms with Crippen LogP contribution >= 0.6 is 23.2 Å². The largest absolute Gasteiger partial charge is 0.481 e. The minimum atomic E-state index is 0.626. The van der Waals surface area contributed by atoms with Gasteiger partial charge in [0, 0.05) is 28.4 Å². The molecule has 0 fully saturated rings. The summed E-state index contributed by atoms with van der Waals surface area (Å²) in [6, 6.07) is 9.52. The molecule has 0 aliphatic heterocycles. The van der Waals surface area contributed by atoms with Crippen LogP contribution in [0, 0.1) is 0 Å². The molecule has 20 heavy (non-hydrogen) atoms. The monoisotopic (exact) mass is 306 g/mol. The first kappa shape index (κ1) is 13.3. The van der Waals surface area contributed by atoms with Gasteiger partial charge in [-0.2, -0.15) is 0 Å². The van der Waals surface area contributed by atoms with Crippen molar-refractivity contribution in [2.45, 2.75) is 6.54 Å². The molecule has 0 saturated carbocycles. The Kier molecular flexibility index (Phi) is 3.55. The standard InChI is InChI=1S/C15H12Cl2N2O/c1-20-15-10(3-2-5-18-15)9-19-6-4-12-13(17)7-11(16)8-14(12)19/h2-8H,9H2,1H3. The van der Waals surface area contributed by atoms with Crippen molar-refractivity contribution in [1.82, 2.24) is 9.55 Å². The molecule has 102 valence electrons. The zero-order valence-electron chi connectivity index (χ0n) is 10.8. The third-order valence-corrected chi connectivity index (χ3v) is 3.72. The summed E-state index contributed by atoms with van der Waals surface area (Å²) >= 11 is 12.3. The lowest BCUT2D eigenvalue weighted by Gasteiger charge is -2.09. The van der Waals surface area contributed by atoms with Gasteiger partial charge in [0.05, 0.1) is 24.2 Å². The highest BCUT2D eigenvalue weighted by Gasteiger charge is 2.09. The zero-order valence-corrected chi connectivity index (χ0v) is 12.3. The molecule has 0 bridgehead atoms. The fourth-order valence-electron chi connectivity index (χ4n) is 2.27. The Morgan fingerprint density at radius 3 is 2.90 bits per heavy atom. The Bertz CT molecular complexity index is 768. The normalized spacial score (nSPS) is 10.9. The second-order valence-electron chi connectivity index (χ2n) is 4.44. The quantitative estimate of drug-likeness (QED) is 0.717. The van der Waals surface area contributed by atoms with Crippen LogP contribution in [-0.4, -0.2) is 16.7 Å². The second kappa shape index (κ2) is 5.35. The van der Waals surface area contributed by atoms with Gasteiger partial charge >= 0.3 is 0 Å². The SMILES string of the molecule is COc1ncccc1Cn1ccc2c(Cl)cc(Cl)cc21. The van der Waals surface area contributed by atoms with E-state index in [1.54, 1.807) is 19.4 Å². The lowest BCUT2D eigenvalue weighted by atomic mass is 10.2. The summed E-state index contributed by atoms with van der Waals surface area (Å²) in [6.07, 6.45) is 3.70. The van der Waals surface area contributed by atoms with Crippen LogP contribution in [-0.2, 0) is 6.54 Å². The van der Waals surface area contributed by atoms with E-state index in [0.717, 1.165) is 16.5 Å². The van der Waals surface area contributed by atoms with Crippen LogP contribution in [0.3, 0.4) is 0 Å². The van der Waals surface area contributed by atoms with Crippen molar-refractivity contribution in [3.8, 4) is 5.88 Å². The Morgan fingerprint density at radius 2 is 2.10 bits per heavy atom. The van der Waals surface area contributed by atoms with Crippen LogP contribution in [0.5, 0.6) is 5.88 Å². The van der Waals surface area contributed by atoms with E-state index in [1.165, 1.54) is 0 Å². The van der Waals surface area contributed by atoms with Crippen LogP contribution in [0.15, 0.2) is 42.7 Å². The first-order valence-electron chi connectivity index (χ1n) is 6.11. The molecule has 0 unspecified atom stereocenters. The molecule has 3 rings (SSSR count). The van der Waals surface area contributed by atoms with Crippen molar-refractivity contribution in [3.63, 3.8) is 0 Å². The maximum atomic E-state index is 6.20. The van der Waals surface area contributed by atoms with Crippen LogP contribution in [0.25, 0.3) is 10.9 Å². The van der Waals surface area contributed by atoms with Crippen molar-refractivity contribution in [2.75, 3.05) is 7.11 Å². The van der Waals surface area contributed by atoms with E-state index in [9.17, 15) is 0 Å². The molecule has 2 heterocycles. The summed E-state index contributed by atoms with van der Waals surface area (Å²) in [5.74, 6) is 0.627. The average molecular weight is 307 g/mol. The van der Waals surface area contributed by atoms with E-state index in [1.807, 2.05) is 30.5 Å². The van der Waals surface area contributed by atoms with Gasteiger partial charge in [0.25, 0.3) is 0 Å². The van der Waals surface area contributed by atoms with E-state index < -0.39 is 0 Å². The number of benzene rings is 1. The van der Waals surface area contributed by atoms with E-state index >= 15 is 0 Å². The number of fused-ring (bicyclic) bond motifs is 1. The van der Waals surface area contributed by atoms with E-state index in [4.69, 9.17) is 27.9 Å². The highest BCUT2D eigenvalue weighted by Crippen LogP contribution is 2.29. The van der Waals surface area contributed by atoms with Gasteiger partial charge in [0.2, 0.25) is 5.88 Å². The maximum absolute atomic E-state index is 6.20. The van der Waals surface area contributed by atoms with Crippen LogP contribution in [0.4, 0.5) is 0 Å². The third kappa shape index (κ3) is 2.35. The number of aromatic nitrogens is 2. The average Bonchev–Trinajstić information content (AvgIpc) is 2.83. The van der Waals surface area contributed by atoms with Gasteiger partial charge in [-0.15, -0.1) is 0 Å². The number of ether oxygens (including phenoxy) is 1. The predicted molar refractivity (Wildman–Crippen MR) is 81.8 cm³/mol. The molecule has 1 aromatic carbocycles. The summed E-state index contributed by atoms with van der Waals surface area (Å²) in [5, 5.41) is 2.27. The molecule has 3 aromatic rings. The Hall–Kier alpha value is -1.71. The summed E-state index contributed by atoms with van der Waals surface area (Å²) < 4.78 is 7.35. The number of rotatable bonds is 3. The number of hydrogen-bond acceptors (Lipinski definition) is 2. The fourth-order valence-corrected chi connectivity index (χ4v) is 2.81. The number of pyridine rings is 1. The molecule has 0 radical (unpaired) electrons. The molecule has 0 aliphatic carbocycles. The van der Waals surface area contributed by atoms with Crippen molar-refractivity contribution in [3.05, 3.63) is 58.3 Å². The van der Waals surface area contributed by atoms with Gasteiger partial charge in [-0.1, -0.05) is 29.3 Å².